The topological polar surface area (TPSA) is 239 Å². The molecular weight excluding hydrogens is 764 g/mol. The summed E-state index contributed by atoms with van der Waals surface area (Å²) >= 11 is 2.35. The second kappa shape index (κ2) is 16.1. The number of esters is 1. The highest BCUT2D eigenvalue weighted by Gasteiger charge is 2.54. The summed E-state index contributed by atoms with van der Waals surface area (Å²) < 4.78 is 21.4. The molecule has 21 heteroatoms. The van der Waals surface area contributed by atoms with Gasteiger partial charge in [-0.05, 0) is 32.0 Å². The average Bonchev–Trinajstić information content (AvgIpc) is 3.90. The minimum Gasteiger partial charge on any atom is -0.477 e. The number of carboxylic acids is 2. The minimum absolute atomic E-state index is 0.141. The van der Waals surface area contributed by atoms with Crippen molar-refractivity contribution in [3.05, 3.63) is 62.3 Å². The van der Waals surface area contributed by atoms with E-state index in [0.717, 1.165) is 55.3 Å². The molecule has 2 aromatic heterocycles. The summed E-state index contributed by atoms with van der Waals surface area (Å²) in [4.78, 5) is 85.8. The number of piperazine rings is 1. The van der Waals surface area contributed by atoms with Gasteiger partial charge in [-0.3, -0.25) is 24.1 Å². The molecule has 0 unspecified atom stereocenters. The fraction of sp³-hybridized carbons (Fsp3) is 0.412. The number of halogens is 1. The lowest BCUT2D eigenvalue weighted by Gasteiger charge is -2.49. The molecule has 2 amide bonds. The number of thiazole rings is 1. The van der Waals surface area contributed by atoms with E-state index < -0.39 is 52.4 Å². The number of likely N-dealkylation sites (N-methyl/N-ethyl adjacent to an activating group) is 1. The second-order valence-electron chi connectivity index (χ2n) is 13.0. The summed E-state index contributed by atoms with van der Waals surface area (Å²) in [7, 11) is 3.29. The van der Waals surface area contributed by atoms with Gasteiger partial charge in [-0.1, -0.05) is 5.16 Å². The summed E-state index contributed by atoms with van der Waals surface area (Å²) in [6.45, 7) is 4.12. The van der Waals surface area contributed by atoms with Crippen molar-refractivity contribution in [1.29, 1.82) is 0 Å². The number of oxime groups is 1. The van der Waals surface area contributed by atoms with Gasteiger partial charge in [-0.25, -0.2) is 19.0 Å². The highest BCUT2D eigenvalue weighted by molar-refractivity contribution is 8.00. The van der Waals surface area contributed by atoms with E-state index in [1.165, 1.54) is 43.4 Å². The molecule has 0 bridgehead atoms. The number of hydrogen-bond acceptors (Lipinski definition) is 15. The number of carboxylic acid groups (broad SMARTS) is 2. The normalized spacial score (nSPS) is 19.9. The van der Waals surface area contributed by atoms with Gasteiger partial charge in [0.25, 0.3) is 11.8 Å². The molecule has 7 rings (SSSR count). The lowest BCUT2D eigenvalue weighted by molar-refractivity contribution is -0.150. The largest absolute Gasteiger partial charge is 0.477 e. The lowest BCUT2D eigenvalue weighted by Crippen LogP contribution is -2.71. The molecule has 1 saturated carbocycles. The smallest absolute Gasteiger partial charge is 0.352 e. The van der Waals surface area contributed by atoms with Crippen molar-refractivity contribution in [2.75, 3.05) is 63.3 Å². The number of rotatable bonds is 10. The van der Waals surface area contributed by atoms with E-state index in [1.54, 1.807) is 6.07 Å². The Bertz CT molecular complexity index is 2190. The van der Waals surface area contributed by atoms with Crippen LogP contribution in [0, 0.1) is 5.82 Å². The number of aromatic nitrogens is 2. The van der Waals surface area contributed by atoms with E-state index in [-0.39, 0.29) is 51.6 Å². The quantitative estimate of drug-likeness (QED) is 0.0979. The maximum Gasteiger partial charge on any atom is 0.352 e. The first kappa shape index (κ1) is 39.2. The third-order valence-corrected chi connectivity index (χ3v) is 11.3. The molecule has 55 heavy (non-hydrogen) atoms. The fourth-order valence-corrected chi connectivity index (χ4v) is 8.22. The summed E-state index contributed by atoms with van der Waals surface area (Å²) in [5, 5.41) is 26.3. The summed E-state index contributed by atoms with van der Waals surface area (Å²) in [6, 6.07) is 2.13. The maximum atomic E-state index is 14.7. The molecule has 0 spiro atoms. The van der Waals surface area contributed by atoms with Crippen LogP contribution in [0.4, 0.5) is 15.2 Å². The zero-order valence-corrected chi connectivity index (χ0v) is 31.4. The van der Waals surface area contributed by atoms with E-state index >= 15 is 0 Å². The molecule has 18 nitrogen and oxygen atoms in total. The zero-order valence-electron chi connectivity index (χ0n) is 29.8. The van der Waals surface area contributed by atoms with Gasteiger partial charge in [-0.2, -0.15) is 0 Å². The molecule has 5 N–H and O–H groups in total. The molecule has 292 valence electrons. The number of pyridine rings is 1. The number of aromatic carboxylic acids is 1. The number of β-lactam (4-membered cyclic amide) rings is 1. The molecule has 5 heterocycles. The predicted molar refractivity (Wildman–Crippen MR) is 199 cm³/mol. The number of anilines is 2. The van der Waals surface area contributed by atoms with Crippen LogP contribution in [0.5, 0.6) is 0 Å². The van der Waals surface area contributed by atoms with Crippen LogP contribution in [0.15, 0.2) is 44.9 Å². The highest BCUT2D eigenvalue weighted by Crippen LogP contribution is 2.41. The lowest BCUT2D eigenvalue weighted by atomic mass is 10.0. The van der Waals surface area contributed by atoms with Crippen molar-refractivity contribution in [3.8, 4) is 0 Å². The van der Waals surface area contributed by atoms with Gasteiger partial charge in [0.05, 0.1) is 11.2 Å². The Hall–Kier alpha value is -5.54. The minimum atomic E-state index is -1.32. The van der Waals surface area contributed by atoms with Crippen LogP contribution in [0.2, 0.25) is 0 Å². The Morgan fingerprint density at radius 2 is 1.82 bits per heavy atom. The molecule has 1 aliphatic carbocycles. The number of amides is 2. The predicted octanol–water partition coefficient (Wildman–Crippen LogP) is 1.30. The van der Waals surface area contributed by atoms with Crippen molar-refractivity contribution >= 4 is 80.3 Å². The Balaban J connectivity index is 0.000000190. The molecule has 0 radical (unpaired) electrons. The van der Waals surface area contributed by atoms with Gasteiger partial charge >= 0.3 is 17.9 Å². The average molecular weight is 801 g/mol. The fourth-order valence-electron chi connectivity index (χ4n) is 6.34. The number of fused-ring (bicyclic) bond motifs is 2. The van der Waals surface area contributed by atoms with E-state index in [9.17, 15) is 43.4 Å². The van der Waals surface area contributed by atoms with Gasteiger partial charge in [0, 0.05) is 67.4 Å². The van der Waals surface area contributed by atoms with Crippen molar-refractivity contribution in [1.82, 2.24) is 24.7 Å². The molecule has 3 aliphatic heterocycles. The monoisotopic (exact) mass is 800 g/mol. The van der Waals surface area contributed by atoms with Gasteiger partial charge in [0.2, 0.25) is 5.43 Å². The number of nitrogens with two attached hydrogens (primary N) is 1. The number of ether oxygens (including phenoxy) is 1. The number of nitrogen functional groups attached to an aromatic ring is 1. The summed E-state index contributed by atoms with van der Waals surface area (Å²) in [5.41, 5.74) is 5.85. The number of hydrogen-bond donors (Lipinski definition) is 4. The SMILES string of the molecule is CN1CCN(c2cc3c(cc2F)c(=O)c(C(=O)O)cn3C2CC2)CC1.CO/N=C(/C(=O)N[C@H]1C(=O)N2C(C(=O)O)=C(COC(C)=O)CS[C@@H]12)c1csc(N)n1. The molecule has 1 aromatic carbocycles. The standard InChI is InChI=1S/C18H20FN3O3.C16H17N5O7S2/c1-20-4-6-21(7-5-20)16-9-15-12(8-14(16)19)17(23)13(18(24)25)10-22(15)11-2-3-11;1-6(22)28-3-7-4-29-14-10(13(24)21(14)11(7)15(25)26)19-12(23)9(20-27-2)8-5-30-16(17)18-8/h8-11H,2-7H2,1H3,(H,24,25);5,10,14H,3-4H2,1-2H3,(H2,17,18)(H,19,23)(H,25,26)/b;20-9+/t;10-,14-/m.0/s1. The van der Waals surface area contributed by atoms with Crippen LogP contribution < -0.4 is 21.4 Å². The van der Waals surface area contributed by atoms with Crippen LogP contribution in [-0.2, 0) is 28.8 Å². The van der Waals surface area contributed by atoms with E-state index in [4.69, 9.17) is 10.5 Å². The second-order valence-corrected chi connectivity index (χ2v) is 15.0. The summed E-state index contributed by atoms with van der Waals surface area (Å²) in [5.74, 6) is -4.73. The molecule has 3 aromatic rings. The van der Waals surface area contributed by atoms with Gasteiger partial charge in [0.1, 0.15) is 47.9 Å². The van der Waals surface area contributed by atoms with E-state index in [1.807, 2.05) is 16.5 Å². The Morgan fingerprint density at radius 3 is 2.40 bits per heavy atom. The number of nitrogens with one attached hydrogen (secondary N) is 1. The Kier molecular flexibility index (Phi) is 11.4. The number of carbonyl (C=O) groups excluding carboxylic acids is 3. The third kappa shape index (κ3) is 8.13. The van der Waals surface area contributed by atoms with E-state index in [0.29, 0.717) is 16.8 Å². The number of benzene rings is 1. The van der Waals surface area contributed by atoms with Gasteiger partial charge in [-0.15, -0.1) is 23.1 Å². The maximum absolute atomic E-state index is 14.7. The van der Waals surface area contributed by atoms with E-state index in [2.05, 4.69) is 25.2 Å². The van der Waals surface area contributed by atoms with Crippen LogP contribution >= 0.6 is 23.1 Å². The summed E-state index contributed by atoms with van der Waals surface area (Å²) in [6.07, 6.45) is 3.30. The number of nitrogens with zero attached hydrogens (tertiary/aromatic N) is 6. The third-order valence-electron chi connectivity index (χ3n) is 9.26. The van der Waals surface area contributed by atoms with Crippen LogP contribution in [0.1, 0.15) is 41.9 Å². The molecule has 3 fully saturated rings. The van der Waals surface area contributed by atoms with Crippen LogP contribution in [0.25, 0.3) is 10.9 Å². The van der Waals surface area contributed by atoms with Crippen molar-refractivity contribution in [3.63, 3.8) is 0 Å². The highest BCUT2D eigenvalue weighted by atomic mass is 32.2. The van der Waals surface area contributed by atoms with Crippen molar-refractivity contribution < 1.29 is 48.2 Å². The number of thioether (sulfide) groups is 1. The van der Waals surface area contributed by atoms with Crippen molar-refractivity contribution in [2.45, 2.75) is 37.2 Å². The number of carbonyl (C=O) groups is 5. The molecule has 2 saturated heterocycles. The molecule has 2 atom stereocenters. The van der Waals surface area contributed by atoms with Crippen LogP contribution in [-0.4, -0.2) is 129 Å². The van der Waals surface area contributed by atoms with Gasteiger partial charge in [0.15, 0.2) is 10.8 Å². The molecule has 4 aliphatic rings. The first-order chi connectivity index (χ1) is 26.2. The Labute approximate surface area is 320 Å². The first-order valence-corrected chi connectivity index (χ1v) is 18.8. The zero-order chi connectivity index (χ0) is 39.7. The Morgan fingerprint density at radius 1 is 1.11 bits per heavy atom. The van der Waals surface area contributed by atoms with Gasteiger partial charge < -0.3 is 45.2 Å². The number of aliphatic carboxylic acids is 1. The van der Waals surface area contributed by atoms with Crippen molar-refractivity contribution in [2.24, 2.45) is 5.16 Å². The van der Waals surface area contributed by atoms with Crippen LogP contribution in [0.3, 0.4) is 0 Å². The molecular formula is C34H37FN8O10S2. The first-order valence-electron chi connectivity index (χ1n) is 16.9.